The number of carbonyl (C=O) groups is 2. The van der Waals surface area contributed by atoms with Crippen molar-refractivity contribution in [3.63, 3.8) is 0 Å². The summed E-state index contributed by atoms with van der Waals surface area (Å²) in [6, 6.07) is -2.63. The Labute approximate surface area is 257 Å². The first-order valence-electron chi connectivity index (χ1n) is 12.0. The molecule has 0 radical (unpaired) electrons. The molecule has 3 unspecified atom stereocenters. The Kier molecular flexibility index (Phi) is 12.4. The normalized spacial score (nSPS) is 17.4. The lowest BCUT2D eigenvalue weighted by atomic mass is 9.80. The topological polar surface area (TPSA) is 104 Å². The van der Waals surface area contributed by atoms with Crippen molar-refractivity contribution < 1.29 is 126 Å². The minimum atomic E-state index is -9.39. The zero-order chi connectivity index (χ0) is 40.2. The molecule has 0 amide bonds. The number of hydrogen-bond donors (Lipinski definition) is 3. The third kappa shape index (κ3) is 6.87. The first-order valence-corrected chi connectivity index (χ1v) is 12.0. The van der Waals surface area contributed by atoms with Crippen molar-refractivity contribution in [3.8, 4) is 0 Å². The second-order valence-corrected chi connectivity index (χ2v) is 10.7. The summed E-state index contributed by atoms with van der Waals surface area (Å²) in [4.78, 5) is 22.6. The van der Waals surface area contributed by atoms with E-state index in [1.165, 1.54) is 0 Å². The van der Waals surface area contributed by atoms with Gasteiger partial charge in [-0.25, -0.2) is 4.79 Å². The molecule has 3 atom stereocenters. The van der Waals surface area contributed by atoms with Crippen LogP contribution in [0, 0.1) is 5.92 Å². The molecule has 0 saturated heterocycles. The Hall–Kier alpha value is -2.65. The van der Waals surface area contributed by atoms with Gasteiger partial charge in [-0.15, -0.1) is 0 Å². The number of aliphatic hydroxyl groups is 2. The number of likely N-dealkylation sites (N-methyl/N-ethyl adjacent to an activating group) is 1. The van der Waals surface area contributed by atoms with Crippen LogP contribution in [0.15, 0.2) is 0 Å². The summed E-state index contributed by atoms with van der Waals surface area (Å²) in [5.74, 6) is -88.1. The maximum absolute atomic E-state index is 15.1. The molecule has 0 spiro atoms. The van der Waals surface area contributed by atoms with E-state index >= 15 is 8.78 Å². The highest BCUT2D eigenvalue weighted by Gasteiger charge is 2.98. The Morgan fingerprint density at radius 3 is 1.12 bits per heavy atom. The standard InChI is InChI=1S/C21H20F21NO6/c1-7(46)49-11(9(6-45)43(2,3)4-10(47)48)8(5-44)12(22,23)13(24,25)14(26,27)15(28,29)16(30,31)17(32,33)18(34,35)19(36,37)20(38,39)21(40,41)42/h8-9,11,44-45H,4-6H2,1-3H3/p+1. The van der Waals surface area contributed by atoms with E-state index in [0.29, 0.717) is 14.1 Å². The van der Waals surface area contributed by atoms with Crippen molar-refractivity contribution in [2.24, 2.45) is 5.92 Å². The molecule has 0 rings (SSSR count). The lowest BCUT2D eigenvalue weighted by Crippen LogP contribution is -2.77. The number of rotatable bonds is 17. The van der Waals surface area contributed by atoms with Crippen LogP contribution in [0.3, 0.4) is 0 Å². The molecule has 3 N–H and O–H groups in total. The first kappa shape index (κ1) is 46.4. The number of quaternary nitrogens is 1. The number of aliphatic carboxylic acids is 1. The maximum Gasteiger partial charge on any atom is 0.460 e. The molecule has 7 nitrogen and oxygen atoms in total. The maximum atomic E-state index is 15.1. The fourth-order valence-corrected chi connectivity index (χ4v) is 4.04. The van der Waals surface area contributed by atoms with E-state index in [9.17, 15) is 103 Å². The number of carbonyl (C=O) groups excluding carboxylic acids is 1. The average Bonchev–Trinajstić information content (AvgIpc) is 2.86. The van der Waals surface area contributed by atoms with Crippen LogP contribution in [-0.2, 0) is 14.3 Å². The van der Waals surface area contributed by atoms with Gasteiger partial charge in [0.15, 0.2) is 18.7 Å². The fourth-order valence-electron chi connectivity index (χ4n) is 4.04. The quantitative estimate of drug-likeness (QED) is 0.105. The molecule has 0 fully saturated rings. The zero-order valence-electron chi connectivity index (χ0n) is 23.8. The van der Waals surface area contributed by atoms with Crippen molar-refractivity contribution in [3.05, 3.63) is 0 Å². The van der Waals surface area contributed by atoms with Crippen molar-refractivity contribution in [1.29, 1.82) is 0 Å². The highest BCUT2D eigenvalue weighted by atomic mass is 19.4. The van der Waals surface area contributed by atoms with E-state index in [0.717, 1.165) is 0 Å². The van der Waals surface area contributed by atoms with E-state index in [1.807, 2.05) is 0 Å². The second kappa shape index (κ2) is 13.2. The van der Waals surface area contributed by atoms with Gasteiger partial charge in [-0.2, -0.15) is 92.2 Å². The second-order valence-electron chi connectivity index (χ2n) is 10.7. The highest BCUT2D eigenvalue weighted by molar-refractivity contribution is 5.68. The van der Waals surface area contributed by atoms with Crippen LogP contribution in [0.25, 0.3) is 0 Å². The van der Waals surface area contributed by atoms with Gasteiger partial charge < -0.3 is 24.5 Å². The summed E-state index contributed by atoms with van der Waals surface area (Å²) < 4.78 is 292. The lowest BCUT2D eigenvalue weighted by Gasteiger charge is -2.47. The minimum absolute atomic E-state index is 0.188. The molecule has 0 aromatic rings. The Bertz CT molecular complexity index is 1200. The Balaban J connectivity index is 7.58. The van der Waals surface area contributed by atoms with E-state index in [2.05, 4.69) is 4.74 Å². The van der Waals surface area contributed by atoms with Crippen molar-refractivity contribution in [1.82, 2.24) is 0 Å². The molecule has 0 aromatic heterocycles. The number of halogens is 21. The van der Waals surface area contributed by atoms with Gasteiger partial charge in [0, 0.05) is 6.92 Å². The van der Waals surface area contributed by atoms with Gasteiger partial charge in [-0.1, -0.05) is 0 Å². The molecule has 292 valence electrons. The van der Waals surface area contributed by atoms with E-state index in [4.69, 9.17) is 5.11 Å². The SMILES string of the molecule is CC(=O)OC(C(CO)C(F)(F)C(F)(F)C(F)(F)C(F)(F)C(F)(F)C(F)(F)C(F)(F)C(F)(F)C(F)(F)C(F)(F)F)C(CO)[N+](C)(C)CC(=O)O. The Morgan fingerprint density at radius 1 is 0.571 bits per heavy atom. The van der Waals surface area contributed by atoms with Gasteiger partial charge >= 0.3 is 71.4 Å². The number of hydrogen-bond acceptors (Lipinski definition) is 5. The first-order chi connectivity index (χ1) is 21.1. The van der Waals surface area contributed by atoms with Crippen molar-refractivity contribution >= 4 is 11.9 Å². The molecular weight excluding hydrogens is 761 g/mol. The summed E-state index contributed by atoms with van der Waals surface area (Å²) in [6.45, 7) is -5.91. The number of nitrogens with zero attached hydrogens (tertiary/aromatic N) is 1. The number of ether oxygens (including phenoxy) is 1. The number of carboxylic acids is 1. The molecule has 49 heavy (non-hydrogen) atoms. The molecule has 0 bridgehead atoms. The van der Waals surface area contributed by atoms with Gasteiger partial charge in [-0.05, 0) is 0 Å². The number of aliphatic hydroxyl groups excluding tert-OH is 2. The van der Waals surface area contributed by atoms with Gasteiger partial charge in [0.05, 0.1) is 33.2 Å². The molecule has 0 aliphatic carbocycles. The third-order valence-electron chi connectivity index (χ3n) is 6.90. The summed E-state index contributed by atoms with van der Waals surface area (Å²) in [5.41, 5.74) is 0. The van der Waals surface area contributed by atoms with E-state index in [-0.39, 0.29) is 6.92 Å². The Morgan fingerprint density at radius 2 is 0.878 bits per heavy atom. The summed E-state index contributed by atoms with van der Waals surface area (Å²) in [7, 11) is 1.17. The molecule has 0 aromatic carbocycles. The predicted molar refractivity (Wildman–Crippen MR) is 112 cm³/mol. The predicted octanol–water partition coefficient (Wildman–Crippen LogP) is 5.33. The fraction of sp³-hybridized carbons (Fsp3) is 0.905. The van der Waals surface area contributed by atoms with Crippen molar-refractivity contribution in [2.75, 3.05) is 33.9 Å². The molecule has 0 heterocycles. The van der Waals surface area contributed by atoms with Crippen LogP contribution in [0.5, 0.6) is 0 Å². The summed E-state index contributed by atoms with van der Waals surface area (Å²) >= 11 is 0. The van der Waals surface area contributed by atoms with E-state index in [1.54, 1.807) is 0 Å². The number of alkyl halides is 21. The van der Waals surface area contributed by atoms with Crippen molar-refractivity contribution in [2.45, 2.75) is 78.5 Å². The van der Waals surface area contributed by atoms with Crippen LogP contribution >= 0.6 is 0 Å². The van der Waals surface area contributed by atoms with Crippen LogP contribution in [0.4, 0.5) is 92.2 Å². The summed E-state index contributed by atoms with van der Waals surface area (Å²) in [6.07, 6.45) is -11.6. The molecule has 0 saturated carbocycles. The lowest BCUT2D eigenvalue weighted by molar-refractivity contribution is -0.912. The molecule has 0 aliphatic heterocycles. The zero-order valence-corrected chi connectivity index (χ0v) is 23.8. The largest absolute Gasteiger partial charge is 0.477 e. The van der Waals surface area contributed by atoms with E-state index < -0.39 is 114 Å². The molecular formula is C21H21F21NO6+. The average molecular weight is 782 g/mol. The molecule has 28 heteroatoms. The monoisotopic (exact) mass is 782 g/mol. The van der Waals surface area contributed by atoms with Crippen LogP contribution in [0.1, 0.15) is 6.92 Å². The smallest absolute Gasteiger partial charge is 0.460 e. The highest BCUT2D eigenvalue weighted by Crippen LogP contribution is 2.66. The minimum Gasteiger partial charge on any atom is -0.477 e. The number of esters is 1. The van der Waals surface area contributed by atoms with Gasteiger partial charge in [0.25, 0.3) is 0 Å². The van der Waals surface area contributed by atoms with Crippen LogP contribution in [0.2, 0.25) is 0 Å². The number of carboxylic acid groups (broad SMARTS) is 1. The van der Waals surface area contributed by atoms with Gasteiger partial charge in [-0.3, -0.25) is 4.79 Å². The summed E-state index contributed by atoms with van der Waals surface area (Å²) in [5, 5.41) is 27.9. The van der Waals surface area contributed by atoms with Gasteiger partial charge in [0.1, 0.15) is 0 Å². The molecule has 0 aliphatic rings. The van der Waals surface area contributed by atoms with Gasteiger partial charge in [0.2, 0.25) is 0 Å². The van der Waals surface area contributed by atoms with Crippen LogP contribution in [-0.4, -0.2) is 137 Å². The van der Waals surface area contributed by atoms with Crippen LogP contribution < -0.4 is 0 Å². The third-order valence-corrected chi connectivity index (χ3v) is 6.90.